The number of rotatable bonds is 3. The third kappa shape index (κ3) is 7.87. The molecule has 0 bridgehead atoms. The topological polar surface area (TPSA) is 29.1 Å². The summed E-state index contributed by atoms with van der Waals surface area (Å²) in [5.41, 5.74) is 1.03. The van der Waals surface area contributed by atoms with Gasteiger partial charge in [0.2, 0.25) is 5.91 Å². The van der Waals surface area contributed by atoms with Gasteiger partial charge in [-0.2, -0.15) is 0 Å². The van der Waals surface area contributed by atoms with Crippen LogP contribution in [0, 0.1) is 0 Å². The molecule has 1 amide bonds. The normalized spacial score (nSPS) is 18.7. The summed E-state index contributed by atoms with van der Waals surface area (Å²) in [6, 6.07) is 7.92. The van der Waals surface area contributed by atoms with Crippen molar-refractivity contribution in [1.29, 1.82) is 0 Å². The van der Waals surface area contributed by atoms with Gasteiger partial charge < -0.3 is 5.32 Å². The molecule has 1 N–H and O–H groups in total. The molecule has 1 fully saturated rings. The largest absolute Gasteiger partial charge is 0.353 e. The predicted octanol–water partition coefficient (Wildman–Crippen LogP) is 5.67. The highest BCUT2D eigenvalue weighted by atomic mass is 35.5. The summed E-state index contributed by atoms with van der Waals surface area (Å²) in [7, 11) is 0. The first kappa shape index (κ1) is 18.3. The van der Waals surface area contributed by atoms with Gasteiger partial charge in [-0.1, -0.05) is 81.5 Å². The van der Waals surface area contributed by atoms with E-state index in [1.807, 2.05) is 24.3 Å². The number of hydrogen-bond donors (Lipinski definition) is 1. The summed E-state index contributed by atoms with van der Waals surface area (Å²) >= 11 is 5.89. The van der Waals surface area contributed by atoms with Gasteiger partial charge in [0.05, 0.1) is 6.42 Å². The summed E-state index contributed by atoms with van der Waals surface area (Å²) in [5, 5.41) is 3.98. The third-order valence-electron chi connectivity index (χ3n) is 4.75. The van der Waals surface area contributed by atoms with Gasteiger partial charge in [0.15, 0.2) is 0 Å². The van der Waals surface area contributed by atoms with Crippen molar-refractivity contribution in [3.05, 3.63) is 34.9 Å². The number of amides is 1. The molecule has 0 aliphatic heterocycles. The van der Waals surface area contributed by atoms with Crippen LogP contribution in [0.5, 0.6) is 0 Å². The van der Waals surface area contributed by atoms with Crippen LogP contribution in [0.25, 0.3) is 0 Å². The van der Waals surface area contributed by atoms with Crippen molar-refractivity contribution >= 4 is 17.5 Å². The highest BCUT2D eigenvalue weighted by molar-refractivity contribution is 6.30. The molecule has 0 spiro atoms. The quantitative estimate of drug-likeness (QED) is 0.757. The first-order chi connectivity index (χ1) is 11.2. The zero-order valence-electron chi connectivity index (χ0n) is 14.2. The van der Waals surface area contributed by atoms with E-state index < -0.39 is 0 Å². The summed E-state index contributed by atoms with van der Waals surface area (Å²) < 4.78 is 0. The van der Waals surface area contributed by atoms with Gasteiger partial charge in [-0.05, 0) is 30.5 Å². The standard InChI is InChI=1S/C20H30ClNO/c21-18-14-12-17(13-15-18)16-20(23)22-19-10-8-6-4-2-1-3-5-7-9-11-19/h12-15,19H,1-11,16H2,(H,22,23). The van der Waals surface area contributed by atoms with Crippen LogP contribution in [-0.2, 0) is 11.2 Å². The van der Waals surface area contributed by atoms with Crippen LogP contribution in [0.4, 0.5) is 0 Å². The lowest BCUT2D eigenvalue weighted by Crippen LogP contribution is -2.35. The molecule has 1 aliphatic rings. The Labute approximate surface area is 146 Å². The molecule has 23 heavy (non-hydrogen) atoms. The molecule has 0 aromatic heterocycles. The van der Waals surface area contributed by atoms with E-state index in [0.717, 1.165) is 18.4 Å². The van der Waals surface area contributed by atoms with Gasteiger partial charge in [-0.25, -0.2) is 0 Å². The van der Waals surface area contributed by atoms with Crippen LogP contribution in [-0.4, -0.2) is 11.9 Å². The van der Waals surface area contributed by atoms with Crippen LogP contribution < -0.4 is 5.32 Å². The minimum Gasteiger partial charge on any atom is -0.353 e. The fourth-order valence-corrected chi connectivity index (χ4v) is 3.50. The first-order valence-electron chi connectivity index (χ1n) is 9.28. The molecular weight excluding hydrogens is 306 g/mol. The summed E-state index contributed by atoms with van der Waals surface area (Å²) in [6.45, 7) is 0. The molecule has 3 heteroatoms. The van der Waals surface area contributed by atoms with Crippen LogP contribution >= 0.6 is 11.6 Å². The molecule has 0 atom stereocenters. The van der Waals surface area contributed by atoms with E-state index in [1.54, 1.807) is 0 Å². The molecule has 2 nitrogen and oxygen atoms in total. The number of benzene rings is 1. The Balaban J connectivity index is 1.79. The Morgan fingerprint density at radius 3 is 1.87 bits per heavy atom. The smallest absolute Gasteiger partial charge is 0.224 e. The Hall–Kier alpha value is -1.02. The molecule has 1 aromatic rings. The van der Waals surface area contributed by atoms with Crippen molar-refractivity contribution in [2.24, 2.45) is 0 Å². The van der Waals surface area contributed by atoms with Gasteiger partial charge in [0.25, 0.3) is 0 Å². The van der Waals surface area contributed by atoms with Gasteiger partial charge in [-0.15, -0.1) is 0 Å². The van der Waals surface area contributed by atoms with Gasteiger partial charge >= 0.3 is 0 Å². The molecule has 1 aliphatic carbocycles. The second-order valence-electron chi connectivity index (χ2n) is 6.83. The molecule has 0 heterocycles. The van der Waals surface area contributed by atoms with Crippen molar-refractivity contribution < 1.29 is 4.79 Å². The maximum Gasteiger partial charge on any atom is 0.224 e. The number of nitrogens with one attached hydrogen (secondary N) is 1. The fourth-order valence-electron chi connectivity index (χ4n) is 3.37. The van der Waals surface area contributed by atoms with E-state index >= 15 is 0 Å². The van der Waals surface area contributed by atoms with E-state index in [4.69, 9.17) is 11.6 Å². The van der Waals surface area contributed by atoms with E-state index in [0.29, 0.717) is 17.5 Å². The summed E-state index contributed by atoms with van der Waals surface area (Å²) in [4.78, 5) is 12.3. The van der Waals surface area contributed by atoms with Gasteiger partial charge in [0, 0.05) is 11.1 Å². The Kier molecular flexibility index (Phi) is 8.52. The second kappa shape index (κ2) is 10.7. The molecule has 0 unspecified atom stereocenters. The zero-order valence-corrected chi connectivity index (χ0v) is 14.9. The fraction of sp³-hybridized carbons (Fsp3) is 0.650. The van der Waals surface area contributed by atoms with E-state index in [1.165, 1.54) is 57.8 Å². The van der Waals surface area contributed by atoms with Crippen molar-refractivity contribution in [2.45, 2.75) is 83.1 Å². The Morgan fingerprint density at radius 2 is 1.35 bits per heavy atom. The second-order valence-corrected chi connectivity index (χ2v) is 7.26. The highest BCUT2D eigenvalue weighted by Crippen LogP contribution is 2.17. The summed E-state index contributed by atoms with van der Waals surface area (Å²) in [6.07, 6.45) is 14.7. The molecule has 1 aromatic carbocycles. The van der Waals surface area contributed by atoms with Crippen LogP contribution in [0.1, 0.15) is 76.2 Å². The van der Waals surface area contributed by atoms with Crippen LogP contribution in [0.15, 0.2) is 24.3 Å². The summed E-state index contributed by atoms with van der Waals surface area (Å²) in [5.74, 6) is 0.143. The lowest BCUT2D eigenvalue weighted by molar-refractivity contribution is -0.121. The van der Waals surface area contributed by atoms with Gasteiger partial charge in [0.1, 0.15) is 0 Å². The Bertz CT molecular complexity index is 445. The molecule has 128 valence electrons. The first-order valence-corrected chi connectivity index (χ1v) is 9.65. The molecule has 1 saturated carbocycles. The van der Waals surface area contributed by atoms with Crippen LogP contribution in [0.3, 0.4) is 0 Å². The maximum absolute atomic E-state index is 12.3. The average Bonchev–Trinajstić information content (AvgIpc) is 2.52. The van der Waals surface area contributed by atoms with E-state index in [-0.39, 0.29) is 5.91 Å². The highest BCUT2D eigenvalue weighted by Gasteiger charge is 2.13. The number of halogens is 1. The molecular formula is C20H30ClNO. The molecule has 0 radical (unpaired) electrons. The van der Waals surface area contributed by atoms with Crippen molar-refractivity contribution in [1.82, 2.24) is 5.32 Å². The average molecular weight is 336 g/mol. The van der Waals surface area contributed by atoms with E-state index in [9.17, 15) is 4.79 Å². The molecule has 2 rings (SSSR count). The van der Waals surface area contributed by atoms with Crippen LogP contribution in [0.2, 0.25) is 5.02 Å². The lowest BCUT2D eigenvalue weighted by Gasteiger charge is -2.19. The lowest BCUT2D eigenvalue weighted by atomic mass is 9.97. The predicted molar refractivity (Wildman–Crippen MR) is 97.9 cm³/mol. The van der Waals surface area contributed by atoms with E-state index in [2.05, 4.69) is 5.32 Å². The van der Waals surface area contributed by atoms with Crippen molar-refractivity contribution in [2.75, 3.05) is 0 Å². The molecule has 0 saturated heterocycles. The number of hydrogen-bond acceptors (Lipinski definition) is 1. The van der Waals surface area contributed by atoms with Gasteiger partial charge in [-0.3, -0.25) is 4.79 Å². The number of carbonyl (C=O) groups excluding carboxylic acids is 1. The SMILES string of the molecule is O=C(Cc1ccc(Cl)cc1)NC1CCCCCCCCCCC1. The van der Waals surface area contributed by atoms with Crippen molar-refractivity contribution in [3.63, 3.8) is 0 Å². The van der Waals surface area contributed by atoms with Crippen molar-refractivity contribution in [3.8, 4) is 0 Å². The zero-order chi connectivity index (χ0) is 16.3. The number of carbonyl (C=O) groups is 1. The third-order valence-corrected chi connectivity index (χ3v) is 5.00. The Morgan fingerprint density at radius 1 is 0.870 bits per heavy atom. The monoisotopic (exact) mass is 335 g/mol. The maximum atomic E-state index is 12.3. The minimum absolute atomic E-state index is 0.143. The minimum atomic E-state index is 0.143.